The number of amides is 3. The molecule has 1 N–H and O–H groups in total. The summed E-state index contributed by atoms with van der Waals surface area (Å²) >= 11 is 0. The first-order valence-corrected chi connectivity index (χ1v) is 8.85. The minimum atomic E-state index is -0.797. The van der Waals surface area contributed by atoms with E-state index in [4.69, 9.17) is 4.74 Å². The average molecular weight is 344 g/mol. The van der Waals surface area contributed by atoms with Gasteiger partial charge in [0.2, 0.25) is 5.91 Å². The lowest BCUT2D eigenvalue weighted by Gasteiger charge is -2.27. The van der Waals surface area contributed by atoms with Crippen molar-refractivity contribution in [2.24, 2.45) is 5.92 Å². The molecule has 2 atom stereocenters. The van der Waals surface area contributed by atoms with Crippen molar-refractivity contribution in [2.45, 2.75) is 45.3 Å². The molecule has 3 amide bonds. The molecular weight excluding hydrogens is 320 g/mol. The van der Waals surface area contributed by atoms with Gasteiger partial charge in [-0.1, -0.05) is 26.0 Å². The van der Waals surface area contributed by atoms with Crippen LogP contribution in [0.15, 0.2) is 24.3 Å². The molecule has 0 saturated carbocycles. The molecule has 0 spiro atoms. The monoisotopic (exact) mass is 344 g/mol. The summed E-state index contributed by atoms with van der Waals surface area (Å²) in [4.78, 5) is 39.3. The fourth-order valence-electron chi connectivity index (χ4n) is 3.40. The van der Waals surface area contributed by atoms with E-state index in [1.54, 1.807) is 24.3 Å². The molecule has 25 heavy (non-hydrogen) atoms. The Balaban J connectivity index is 1.77. The molecule has 0 radical (unpaired) electrons. The van der Waals surface area contributed by atoms with Crippen LogP contribution >= 0.6 is 0 Å². The molecular formula is C19H24N2O4. The quantitative estimate of drug-likeness (QED) is 0.801. The Morgan fingerprint density at radius 3 is 2.40 bits per heavy atom. The summed E-state index contributed by atoms with van der Waals surface area (Å²) in [7, 11) is 0. The number of nitrogens with one attached hydrogen (secondary N) is 1. The summed E-state index contributed by atoms with van der Waals surface area (Å²) in [5.41, 5.74) is 0.737. The van der Waals surface area contributed by atoms with Crippen molar-refractivity contribution in [3.63, 3.8) is 0 Å². The van der Waals surface area contributed by atoms with E-state index in [0.29, 0.717) is 30.7 Å². The van der Waals surface area contributed by atoms with Crippen LogP contribution in [0.4, 0.5) is 0 Å². The van der Waals surface area contributed by atoms with E-state index < -0.39 is 17.9 Å². The lowest BCUT2D eigenvalue weighted by atomic mass is 10.0. The SMILES string of the molecule is CC(C)C[C@H](C(=O)NC[C@@H]1CCCO1)N1C(=O)c2ccccc2C1=O. The van der Waals surface area contributed by atoms with Gasteiger partial charge in [-0.15, -0.1) is 0 Å². The van der Waals surface area contributed by atoms with Crippen LogP contribution in [0.5, 0.6) is 0 Å². The number of hydrogen-bond donors (Lipinski definition) is 1. The van der Waals surface area contributed by atoms with Gasteiger partial charge < -0.3 is 10.1 Å². The van der Waals surface area contributed by atoms with Crippen molar-refractivity contribution in [2.75, 3.05) is 13.2 Å². The Hall–Kier alpha value is -2.21. The topological polar surface area (TPSA) is 75.7 Å². The highest BCUT2D eigenvalue weighted by molar-refractivity contribution is 6.22. The van der Waals surface area contributed by atoms with Crippen LogP contribution in [0.2, 0.25) is 0 Å². The van der Waals surface area contributed by atoms with Crippen LogP contribution in [-0.2, 0) is 9.53 Å². The third-order valence-electron chi connectivity index (χ3n) is 4.66. The van der Waals surface area contributed by atoms with Crippen LogP contribution < -0.4 is 5.32 Å². The molecule has 1 aromatic carbocycles. The number of benzene rings is 1. The average Bonchev–Trinajstić information content (AvgIpc) is 3.19. The molecule has 0 aromatic heterocycles. The Bertz CT molecular complexity index is 645. The van der Waals surface area contributed by atoms with Crippen molar-refractivity contribution < 1.29 is 19.1 Å². The van der Waals surface area contributed by atoms with Gasteiger partial charge in [-0.05, 0) is 37.3 Å². The number of carbonyl (C=O) groups excluding carboxylic acids is 3. The number of imide groups is 1. The zero-order chi connectivity index (χ0) is 18.0. The van der Waals surface area contributed by atoms with Gasteiger partial charge in [0.15, 0.2) is 0 Å². The number of fused-ring (bicyclic) bond motifs is 1. The van der Waals surface area contributed by atoms with Crippen molar-refractivity contribution in [3.8, 4) is 0 Å². The first-order chi connectivity index (χ1) is 12.0. The molecule has 2 heterocycles. The highest BCUT2D eigenvalue weighted by Gasteiger charge is 2.42. The predicted octanol–water partition coefficient (Wildman–Crippen LogP) is 1.99. The van der Waals surface area contributed by atoms with E-state index in [2.05, 4.69) is 5.32 Å². The molecule has 6 nitrogen and oxygen atoms in total. The molecule has 2 aliphatic heterocycles. The molecule has 2 aliphatic rings. The molecule has 0 unspecified atom stereocenters. The Labute approximate surface area is 147 Å². The molecule has 0 aliphatic carbocycles. The summed E-state index contributed by atoms with van der Waals surface area (Å²) in [6.07, 6.45) is 2.37. The normalized spacial score (nSPS) is 20.9. The van der Waals surface area contributed by atoms with E-state index in [1.165, 1.54) is 0 Å². The Kier molecular flexibility index (Phi) is 5.18. The van der Waals surface area contributed by atoms with Crippen LogP contribution in [0.1, 0.15) is 53.8 Å². The third kappa shape index (κ3) is 3.58. The van der Waals surface area contributed by atoms with E-state index in [1.807, 2.05) is 13.8 Å². The molecule has 3 rings (SSSR count). The van der Waals surface area contributed by atoms with Crippen molar-refractivity contribution in [1.29, 1.82) is 0 Å². The second kappa shape index (κ2) is 7.35. The smallest absolute Gasteiger partial charge is 0.262 e. The standard InChI is InChI=1S/C19H24N2O4/c1-12(2)10-16(17(22)20-11-13-6-5-9-25-13)21-18(23)14-7-3-4-8-15(14)19(21)24/h3-4,7-8,12-13,16H,5-6,9-11H2,1-2H3,(H,20,22)/t13-,16+/m0/s1. The summed E-state index contributed by atoms with van der Waals surface area (Å²) in [6, 6.07) is 5.91. The number of rotatable bonds is 6. The fourth-order valence-corrected chi connectivity index (χ4v) is 3.40. The molecule has 134 valence electrons. The maximum atomic E-state index is 12.8. The van der Waals surface area contributed by atoms with Crippen LogP contribution in [0.3, 0.4) is 0 Å². The van der Waals surface area contributed by atoms with Gasteiger partial charge in [0, 0.05) is 13.2 Å². The number of carbonyl (C=O) groups is 3. The second-order valence-corrected chi connectivity index (χ2v) is 7.05. The third-order valence-corrected chi connectivity index (χ3v) is 4.66. The fraction of sp³-hybridized carbons (Fsp3) is 0.526. The van der Waals surface area contributed by atoms with Gasteiger partial charge in [-0.25, -0.2) is 0 Å². The van der Waals surface area contributed by atoms with Crippen molar-refractivity contribution in [1.82, 2.24) is 10.2 Å². The van der Waals surface area contributed by atoms with Crippen LogP contribution in [0, 0.1) is 5.92 Å². The van der Waals surface area contributed by atoms with Crippen molar-refractivity contribution >= 4 is 17.7 Å². The van der Waals surface area contributed by atoms with Gasteiger partial charge in [0.05, 0.1) is 17.2 Å². The van der Waals surface area contributed by atoms with Crippen LogP contribution in [0.25, 0.3) is 0 Å². The van der Waals surface area contributed by atoms with Gasteiger partial charge in [0.1, 0.15) is 6.04 Å². The van der Waals surface area contributed by atoms with Gasteiger partial charge in [-0.3, -0.25) is 19.3 Å². The molecule has 0 bridgehead atoms. The maximum Gasteiger partial charge on any atom is 0.262 e. The summed E-state index contributed by atoms with van der Waals surface area (Å²) in [5, 5.41) is 2.86. The summed E-state index contributed by atoms with van der Waals surface area (Å²) in [5.74, 6) is -0.904. The Morgan fingerprint density at radius 2 is 1.88 bits per heavy atom. The van der Waals surface area contributed by atoms with E-state index >= 15 is 0 Å². The lowest BCUT2D eigenvalue weighted by Crippen LogP contribution is -2.51. The molecule has 1 aromatic rings. The summed E-state index contributed by atoms with van der Waals surface area (Å²) < 4.78 is 5.52. The summed E-state index contributed by atoms with van der Waals surface area (Å²) in [6.45, 7) is 5.07. The van der Waals surface area contributed by atoms with Gasteiger partial charge in [-0.2, -0.15) is 0 Å². The minimum absolute atomic E-state index is 0.0193. The number of ether oxygens (including phenoxy) is 1. The first-order valence-electron chi connectivity index (χ1n) is 8.85. The largest absolute Gasteiger partial charge is 0.376 e. The van der Waals surface area contributed by atoms with E-state index in [0.717, 1.165) is 17.7 Å². The van der Waals surface area contributed by atoms with Gasteiger partial charge >= 0.3 is 0 Å². The minimum Gasteiger partial charge on any atom is -0.376 e. The molecule has 1 fully saturated rings. The second-order valence-electron chi connectivity index (χ2n) is 7.05. The maximum absolute atomic E-state index is 12.8. The highest BCUT2D eigenvalue weighted by atomic mass is 16.5. The van der Waals surface area contributed by atoms with E-state index in [-0.39, 0.29) is 17.9 Å². The lowest BCUT2D eigenvalue weighted by molar-refractivity contribution is -0.126. The zero-order valence-electron chi connectivity index (χ0n) is 14.7. The molecule has 1 saturated heterocycles. The molecule has 6 heteroatoms. The zero-order valence-corrected chi connectivity index (χ0v) is 14.7. The Morgan fingerprint density at radius 1 is 1.24 bits per heavy atom. The van der Waals surface area contributed by atoms with Crippen molar-refractivity contribution in [3.05, 3.63) is 35.4 Å². The number of hydrogen-bond acceptors (Lipinski definition) is 4. The van der Waals surface area contributed by atoms with E-state index in [9.17, 15) is 14.4 Å². The van der Waals surface area contributed by atoms with Crippen LogP contribution in [-0.4, -0.2) is 47.9 Å². The predicted molar refractivity (Wildman–Crippen MR) is 92.2 cm³/mol. The number of nitrogens with zero attached hydrogens (tertiary/aromatic N) is 1. The first kappa shape index (κ1) is 17.6. The van der Waals surface area contributed by atoms with Gasteiger partial charge in [0.25, 0.3) is 11.8 Å². The highest BCUT2D eigenvalue weighted by Crippen LogP contribution is 2.27.